The molecule has 0 saturated carbocycles. The van der Waals surface area contributed by atoms with Crippen LogP contribution < -0.4 is 10.6 Å². The Kier molecular flexibility index (Phi) is 5.40. The summed E-state index contributed by atoms with van der Waals surface area (Å²) < 4.78 is 0. The van der Waals surface area contributed by atoms with Gasteiger partial charge in [-0.2, -0.15) is 0 Å². The van der Waals surface area contributed by atoms with Gasteiger partial charge in [-0.05, 0) is 5.41 Å². The van der Waals surface area contributed by atoms with E-state index in [-0.39, 0.29) is 17.2 Å². The summed E-state index contributed by atoms with van der Waals surface area (Å²) in [5.41, 5.74) is 0.157. The first-order valence-electron chi connectivity index (χ1n) is 6.59. The molecule has 0 radical (unpaired) electrons. The lowest BCUT2D eigenvalue weighted by Gasteiger charge is -2.29. The van der Waals surface area contributed by atoms with Crippen molar-refractivity contribution in [2.45, 2.75) is 27.7 Å². The van der Waals surface area contributed by atoms with Crippen molar-refractivity contribution < 1.29 is 4.79 Å². The van der Waals surface area contributed by atoms with E-state index in [4.69, 9.17) is 0 Å². The van der Waals surface area contributed by atoms with Gasteiger partial charge in [-0.3, -0.25) is 4.79 Å². The lowest BCUT2D eigenvalue weighted by molar-refractivity contribution is -0.125. The molecular weight excluding hydrogens is 214 g/mol. The summed E-state index contributed by atoms with van der Waals surface area (Å²) in [6, 6.07) is 0. The van der Waals surface area contributed by atoms with Crippen LogP contribution in [0, 0.1) is 11.3 Å². The molecule has 1 fully saturated rings. The highest BCUT2D eigenvalue weighted by molar-refractivity contribution is 5.78. The Hall–Kier alpha value is -0.610. The molecule has 1 heterocycles. The third kappa shape index (κ3) is 6.03. The highest BCUT2D eigenvalue weighted by Crippen LogP contribution is 2.11. The van der Waals surface area contributed by atoms with Crippen molar-refractivity contribution in [3.63, 3.8) is 0 Å². The predicted octanol–water partition coefficient (Wildman–Crippen LogP) is 0.690. The van der Waals surface area contributed by atoms with Crippen LogP contribution in [0.2, 0.25) is 0 Å². The minimum absolute atomic E-state index is 0.0791. The summed E-state index contributed by atoms with van der Waals surface area (Å²) in [5, 5.41) is 6.35. The van der Waals surface area contributed by atoms with E-state index in [1.165, 1.54) is 0 Å². The fourth-order valence-electron chi connectivity index (χ4n) is 1.89. The van der Waals surface area contributed by atoms with Gasteiger partial charge in [0, 0.05) is 45.2 Å². The average molecular weight is 241 g/mol. The van der Waals surface area contributed by atoms with Crippen molar-refractivity contribution in [1.29, 1.82) is 0 Å². The number of carbonyl (C=O) groups excluding carboxylic acids is 1. The van der Waals surface area contributed by atoms with E-state index < -0.39 is 0 Å². The van der Waals surface area contributed by atoms with Crippen LogP contribution in [0.4, 0.5) is 0 Å². The van der Waals surface area contributed by atoms with Crippen molar-refractivity contribution in [3.05, 3.63) is 0 Å². The molecule has 1 atom stereocenters. The largest absolute Gasteiger partial charge is 0.355 e. The Morgan fingerprint density at radius 1 is 1.35 bits per heavy atom. The number of nitrogens with one attached hydrogen (secondary N) is 2. The zero-order valence-electron chi connectivity index (χ0n) is 11.7. The second-order valence-corrected chi connectivity index (χ2v) is 6.23. The Balaban J connectivity index is 2.26. The molecule has 1 saturated heterocycles. The first-order chi connectivity index (χ1) is 7.88. The van der Waals surface area contributed by atoms with Gasteiger partial charge in [-0.1, -0.05) is 27.7 Å². The van der Waals surface area contributed by atoms with Gasteiger partial charge in [-0.15, -0.1) is 0 Å². The van der Waals surface area contributed by atoms with Crippen LogP contribution in [0.25, 0.3) is 0 Å². The molecule has 0 spiro atoms. The van der Waals surface area contributed by atoms with Crippen molar-refractivity contribution in [1.82, 2.24) is 15.5 Å². The van der Waals surface area contributed by atoms with Gasteiger partial charge < -0.3 is 15.5 Å². The SMILES string of the molecule is CC(CN1CCNCC1)C(=O)NCC(C)(C)C. The average Bonchev–Trinajstić information content (AvgIpc) is 2.26. The Morgan fingerprint density at radius 2 is 1.94 bits per heavy atom. The highest BCUT2D eigenvalue weighted by Gasteiger charge is 2.20. The van der Waals surface area contributed by atoms with Gasteiger partial charge in [0.2, 0.25) is 5.91 Å². The first kappa shape index (κ1) is 14.5. The molecule has 4 heteroatoms. The third-order valence-electron chi connectivity index (χ3n) is 2.98. The number of carbonyl (C=O) groups is 1. The van der Waals surface area contributed by atoms with Crippen LogP contribution in [0.3, 0.4) is 0 Å². The molecule has 0 bridgehead atoms. The summed E-state index contributed by atoms with van der Waals surface area (Å²) in [7, 11) is 0. The molecule has 100 valence electrons. The number of hydrogen-bond acceptors (Lipinski definition) is 3. The molecule has 0 aromatic heterocycles. The molecule has 1 rings (SSSR count). The van der Waals surface area contributed by atoms with Gasteiger partial charge in [0.15, 0.2) is 0 Å². The predicted molar refractivity (Wildman–Crippen MR) is 70.9 cm³/mol. The minimum atomic E-state index is 0.0791. The topological polar surface area (TPSA) is 44.4 Å². The maximum Gasteiger partial charge on any atom is 0.224 e. The Morgan fingerprint density at radius 3 is 2.47 bits per heavy atom. The maximum atomic E-state index is 11.9. The molecule has 17 heavy (non-hydrogen) atoms. The van der Waals surface area contributed by atoms with Crippen molar-refractivity contribution >= 4 is 5.91 Å². The summed E-state index contributed by atoms with van der Waals surface area (Å²) in [4.78, 5) is 14.3. The molecule has 1 amide bonds. The smallest absolute Gasteiger partial charge is 0.224 e. The van der Waals surface area contributed by atoms with Gasteiger partial charge in [0.05, 0.1) is 0 Å². The minimum Gasteiger partial charge on any atom is -0.355 e. The molecule has 0 aliphatic carbocycles. The van der Waals surface area contributed by atoms with E-state index >= 15 is 0 Å². The van der Waals surface area contributed by atoms with Crippen LogP contribution in [0.5, 0.6) is 0 Å². The molecule has 4 nitrogen and oxygen atoms in total. The fraction of sp³-hybridized carbons (Fsp3) is 0.923. The van der Waals surface area contributed by atoms with E-state index in [2.05, 4.69) is 36.3 Å². The van der Waals surface area contributed by atoms with Crippen LogP contribution in [-0.4, -0.2) is 50.1 Å². The zero-order chi connectivity index (χ0) is 12.9. The number of amides is 1. The Labute approximate surface area is 105 Å². The second kappa shape index (κ2) is 6.36. The van der Waals surface area contributed by atoms with Crippen LogP contribution >= 0.6 is 0 Å². The van der Waals surface area contributed by atoms with Gasteiger partial charge in [-0.25, -0.2) is 0 Å². The Bertz CT molecular complexity index is 242. The fourth-order valence-corrected chi connectivity index (χ4v) is 1.89. The van der Waals surface area contributed by atoms with Gasteiger partial charge in [0.25, 0.3) is 0 Å². The standard InChI is InChI=1S/C13H27N3O/c1-11(9-16-7-5-14-6-8-16)12(17)15-10-13(2,3)4/h11,14H,5-10H2,1-4H3,(H,15,17). The lowest BCUT2D eigenvalue weighted by atomic mass is 9.96. The molecular formula is C13H27N3O. The van der Waals surface area contributed by atoms with Crippen LogP contribution in [0.1, 0.15) is 27.7 Å². The number of piperazine rings is 1. The summed E-state index contributed by atoms with van der Waals surface area (Å²) in [6.45, 7) is 14.2. The quantitative estimate of drug-likeness (QED) is 0.761. The molecule has 2 N–H and O–H groups in total. The second-order valence-electron chi connectivity index (χ2n) is 6.23. The van der Waals surface area contributed by atoms with Crippen molar-refractivity contribution in [3.8, 4) is 0 Å². The lowest BCUT2D eigenvalue weighted by Crippen LogP contribution is -2.47. The van der Waals surface area contributed by atoms with Crippen LogP contribution in [-0.2, 0) is 4.79 Å². The number of rotatable bonds is 4. The summed E-state index contributed by atoms with van der Waals surface area (Å²) in [6.07, 6.45) is 0. The van der Waals surface area contributed by atoms with Crippen molar-refractivity contribution in [2.24, 2.45) is 11.3 Å². The normalized spacial score (nSPS) is 20.0. The van der Waals surface area contributed by atoms with Crippen LogP contribution in [0.15, 0.2) is 0 Å². The van der Waals surface area contributed by atoms with E-state index in [0.717, 1.165) is 39.3 Å². The molecule has 0 aromatic carbocycles. The van der Waals surface area contributed by atoms with Gasteiger partial charge >= 0.3 is 0 Å². The highest BCUT2D eigenvalue weighted by atomic mass is 16.1. The molecule has 1 aliphatic rings. The van der Waals surface area contributed by atoms with E-state index in [0.29, 0.717) is 0 Å². The number of hydrogen-bond donors (Lipinski definition) is 2. The molecule has 0 aromatic rings. The summed E-state index contributed by atoms with van der Waals surface area (Å²) in [5.74, 6) is 0.258. The zero-order valence-corrected chi connectivity index (χ0v) is 11.7. The van der Waals surface area contributed by atoms with E-state index in [1.54, 1.807) is 0 Å². The molecule has 1 unspecified atom stereocenters. The first-order valence-corrected chi connectivity index (χ1v) is 6.59. The maximum absolute atomic E-state index is 11.9. The van der Waals surface area contributed by atoms with E-state index in [9.17, 15) is 4.79 Å². The molecule has 1 aliphatic heterocycles. The third-order valence-corrected chi connectivity index (χ3v) is 2.98. The van der Waals surface area contributed by atoms with Crippen molar-refractivity contribution in [2.75, 3.05) is 39.3 Å². The van der Waals surface area contributed by atoms with Gasteiger partial charge in [0.1, 0.15) is 0 Å². The monoisotopic (exact) mass is 241 g/mol. The van der Waals surface area contributed by atoms with E-state index in [1.807, 2.05) is 6.92 Å². The summed E-state index contributed by atoms with van der Waals surface area (Å²) >= 11 is 0. The number of nitrogens with zero attached hydrogens (tertiary/aromatic N) is 1.